The lowest BCUT2D eigenvalue weighted by Crippen LogP contribution is -2.29. The van der Waals surface area contributed by atoms with Crippen molar-refractivity contribution in [3.8, 4) is 11.5 Å². The van der Waals surface area contributed by atoms with E-state index in [1.54, 1.807) is 6.07 Å². The first-order valence-corrected chi connectivity index (χ1v) is 8.89. The van der Waals surface area contributed by atoms with E-state index >= 15 is 0 Å². The lowest BCUT2D eigenvalue weighted by Gasteiger charge is -2.22. The molecule has 0 N–H and O–H groups in total. The SMILES string of the molecule is O=C(c1ccc2c(c1)OCO2)N1CCc2ccc(N3CCCC3)cc21. The summed E-state index contributed by atoms with van der Waals surface area (Å²) < 4.78 is 10.7. The van der Waals surface area contributed by atoms with Crippen LogP contribution in [0.25, 0.3) is 0 Å². The van der Waals surface area contributed by atoms with Crippen LogP contribution >= 0.6 is 0 Å². The van der Waals surface area contributed by atoms with Crippen molar-refractivity contribution in [2.75, 3.05) is 36.2 Å². The van der Waals surface area contributed by atoms with Crippen LogP contribution < -0.4 is 19.3 Å². The number of hydrogen-bond donors (Lipinski definition) is 0. The number of ether oxygens (including phenoxy) is 2. The summed E-state index contributed by atoms with van der Waals surface area (Å²) in [5, 5.41) is 0. The molecule has 3 heterocycles. The Morgan fingerprint density at radius 3 is 2.64 bits per heavy atom. The van der Waals surface area contributed by atoms with Gasteiger partial charge in [0.2, 0.25) is 6.79 Å². The summed E-state index contributed by atoms with van der Waals surface area (Å²) in [7, 11) is 0. The first-order valence-electron chi connectivity index (χ1n) is 8.89. The van der Waals surface area contributed by atoms with E-state index in [4.69, 9.17) is 9.47 Å². The van der Waals surface area contributed by atoms with Gasteiger partial charge in [0.05, 0.1) is 0 Å². The molecular formula is C20H20N2O3. The second-order valence-electron chi connectivity index (χ2n) is 6.78. The molecule has 0 aromatic heterocycles. The van der Waals surface area contributed by atoms with Crippen molar-refractivity contribution < 1.29 is 14.3 Å². The highest BCUT2D eigenvalue weighted by atomic mass is 16.7. The Balaban J connectivity index is 1.46. The second-order valence-corrected chi connectivity index (χ2v) is 6.78. The number of fused-ring (bicyclic) bond motifs is 2. The maximum absolute atomic E-state index is 13.1. The number of amides is 1. The van der Waals surface area contributed by atoms with Gasteiger partial charge in [-0.1, -0.05) is 6.07 Å². The van der Waals surface area contributed by atoms with Gasteiger partial charge < -0.3 is 19.3 Å². The Labute approximate surface area is 146 Å². The van der Waals surface area contributed by atoms with Crippen LogP contribution in [0.3, 0.4) is 0 Å². The molecule has 2 aromatic carbocycles. The van der Waals surface area contributed by atoms with Crippen LogP contribution in [-0.4, -0.2) is 32.3 Å². The van der Waals surface area contributed by atoms with Gasteiger partial charge in [0, 0.05) is 36.6 Å². The Hall–Kier alpha value is -2.69. The van der Waals surface area contributed by atoms with Crippen molar-refractivity contribution in [3.63, 3.8) is 0 Å². The average Bonchev–Trinajstić information content (AvgIpc) is 3.39. The van der Waals surface area contributed by atoms with Crippen LogP contribution in [0.1, 0.15) is 28.8 Å². The van der Waals surface area contributed by atoms with Crippen LogP contribution in [0.15, 0.2) is 36.4 Å². The maximum Gasteiger partial charge on any atom is 0.258 e. The van der Waals surface area contributed by atoms with Gasteiger partial charge in [-0.2, -0.15) is 0 Å². The van der Waals surface area contributed by atoms with Crippen molar-refractivity contribution >= 4 is 17.3 Å². The highest BCUT2D eigenvalue weighted by Crippen LogP contribution is 2.36. The molecule has 0 aliphatic carbocycles. The van der Waals surface area contributed by atoms with Crippen molar-refractivity contribution in [2.45, 2.75) is 19.3 Å². The number of hydrogen-bond acceptors (Lipinski definition) is 4. The minimum atomic E-state index is 0.0237. The van der Waals surface area contributed by atoms with Crippen molar-refractivity contribution in [1.29, 1.82) is 0 Å². The standard InChI is InChI=1S/C20H20N2O3/c23-20(15-4-6-18-19(11-15)25-13-24-18)22-10-7-14-3-5-16(12-17(14)22)21-8-1-2-9-21/h3-6,11-12H,1-2,7-10,13H2. The number of carbonyl (C=O) groups is 1. The van der Waals surface area contributed by atoms with E-state index in [9.17, 15) is 4.79 Å². The van der Waals surface area contributed by atoms with Gasteiger partial charge in [-0.25, -0.2) is 0 Å². The number of nitrogens with zero attached hydrogens (tertiary/aromatic N) is 2. The van der Waals surface area contributed by atoms with Crippen LogP contribution in [-0.2, 0) is 6.42 Å². The molecule has 1 fully saturated rings. The van der Waals surface area contributed by atoms with Crippen molar-refractivity contribution in [2.24, 2.45) is 0 Å². The molecule has 5 heteroatoms. The summed E-state index contributed by atoms with van der Waals surface area (Å²) in [5.41, 5.74) is 4.16. The molecule has 5 rings (SSSR count). The zero-order valence-corrected chi connectivity index (χ0v) is 14.0. The zero-order valence-electron chi connectivity index (χ0n) is 14.0. The molecule has 0 bridgehead atoms. The largest absolute Gasteiger partial charge is 0.454 e. The summed E-state index contributed by atoms with van der Waals surface area (Å²) >= 11 is 0. The summed E-state index contributed by atoms with van der Waals surface area (Å²) in [5.74, 6) is 1.38. The van der Waals surface area contributed by atoms with Gasteiger partial charge in [0.15, 0.2) is 11.5 Å². The van der Waals surface area contributed by atoms with Gasteiger partial charge in [-0.05, 0) is 55.2 Å². The topological polar surface area (TPSA) is 42.0 Å². The number of anilines is 2. The monoisotopic (exact) mass is 336 g/mol. The molecule has 128 valence electrons. The fourth-order valence-electron chi connectivity index (χ4n) is 3.94. The average molecular weight is 336 g/mol. The van der Waals surface area contributed by atoms with E-state index in [-0.39, 0.29) is 12.7 Å². The fraction of sp³-hybridized carbons (Fsp3) is 0.350. The number of carbonyl (C=O) groups excluding carboxylic acids is 1. The molecule has 2 aromatic rings. The first-order chi connectivity index (χ1) is 12.3. The lowest BCUT2D eigenvalue weighted by atomic mass is 10.1. The predicted octanol–water partition coefficient (Wildman–Crippen LogP) is 3.22. The molecule has 0 spiro atoms. The van der Waals surface area contributed by atoms with Gasteiger partial charge in [0.25, 0.3) is 5.91 Å². The van der Waals surface area contributed by atoms with Crippen LogP contribution in [0.2, 0.25) is 0 Å². The molecule has 0 unspecified atom stereocenters. The first kappa shape index (κ1) is 14.6. The van der Waals surface area contributed by atoms with E-state index in [1.807, 2.05) is 17.0 Å². The van der Waals surface area contributed by atoms with Gasteiger partial charge >= 0.3 is 0 Å². The third-order valence-electron chi connectivity index (χ3n) is 5.30. The summed E-state index contributed by atoms with van der Waals surface area (Å²) in [6, 6.07) is 12.0. The van der Waals surface area contributed by atoms with Gasteiger partial charge in [-0.15, -0.1) is 0 Å². The molecular weight excluding hydrogens is 316 g/mol. The Kier molecular flexibility index (Phi) is 3.33. The van der Waals surface area contributed by atoms with E-state index in [1.165, 1.54) is 24.1 Å². The molecule has 25 heavy (non-hydrogen) atoms. The zero-order chi connectivity index (χ0) is 16.8. The molecule has 0 saturated carbocycles. The van der Waals surface area contributed by atoms with Gasteiger partial charge in [0.1, 0.15) is 0 Å². The Morgan fingerprint density at radius 2 is 1.76 bits per heavy atom. The van der Waals surface area contributed by atoms with Crippen molar-refractivity contribution in [3.05, 3.63) is 47.5 Å². The predicted molar refractivity (Wildman–Crippen MR) is 95.8 cm³/mol. The summed E-state index contributed by atoms with van der Waals surface area (Å²) in [4.78, 5) is 17.4. The summed E-state index contributed by atoms with van der Waals surface area (Å²) in [6.07, 6.45) is 3.40. The molecule has 3 aliphatic rings. The molecule has 3 aliphatic heterocycles. The third-order valence-corrected chi connectivity index (χ3v) is 5.30. The van der Waals surface area contributed by atoms with Crippen LogP contribution in [0, 0.1) is 0 Å². The number of rotatable bonds is 2. The highest BCUT2D eigenvalue weighted by Gasteiger charge is 2.28. The minimum Gasteiger partial charge on any atom is -0.454 e. The van der Waals surface area contributed by atoms with Gasteiger partial charge in [-0.3, -0.25) is 4.79 Å². The molecule has 1 amide bonds. The van der Waals surface area contributed by atoms with E-state index in [0.717, 1.165) is 31.7 Å². The fourth-order valence-corrected chi connectivity index (χ4v) is 3.94. The maximum atomic E-state index is 13.1. The van der Waals surface area contributed by atoms with Crippen LogP contribution in [0.4, 0.5) is 11.4 Å². The highest BCUT2D eigenvalue weighted by molar-refractivity contribution is 6.08. The Bertz CT molecular complexity index is 843. The summed E-state index contributed by atoms with van der Waals surface area (Å²) in [6.45, 7) is 3.16. The molecule has 0 atom stereocenters. The molecule has 1 saturated heterocycles. The van der Waals surface area contributed by atoms with Crippen LogP contribution in [0.5, 0.6) is 11.5 Å². The quantitative estimate of drug-likeness (QED) is 0.844. The smallest absolute Gasteiger partial charge is 0.258 e. The third kappa shape index (κ3) is 2.42. The normalized spacial score (nSPS) is 17.9. The minimum absolute atomic E-state index is 0.0237. The number of benzene rings is 2. The molecule has 5 nitrogen and oxygen atoms in total. The van der Waals surface area contributed by atoms with E-state index in [0.29, 0.717) is 17.1 Å². The lowest BCUT2D eigenvalue weighted by molar-refractivity contribution is 0.0989. The van der Waals surface area contributed by atoms with E-state index < -0.39 is 0 Å². The van der Waals surface area contributed by atoms with E-state index in [2.05, 4.69) is 23.1 Å². The second kappa shape index (κ2) is 5.69. The Morgan fingerprint density at radius 1 is 0.920 bits per heavy atom. The molecule has 0 radical (unpaired) electrons. The van der Waals surface area contributed by atoms with Crippen molar-refractivity contribution in [1.82, 2.24) is 0 Å².